The highest BCUT2D eigenvalue weighted by Crippen LogP contribution is 2.29. The number of rotatable bonds is 4. The fourth-order valence-corrected chi connectivity index (χ4v) is 2.87. The lowest BCUT2D eigenvalue weighted by molar-refractivity contribution is -0.112. The van der Waals surface area contributed by atoms with E-state index < -0.39 is 6.04 Å². The summed E-state index contributed by atoms with van der Waals surface area (Å²) in [5.41, 5.74) is 0.317. The molecule has 1 aliphatic rings. The van der Waals surface area contributed by atoms with Crippen LogP contribution in [0.3, 0.4) is 0 Å². The van der Waals surface area contributed by atoms with Gasteiger partial charge in [-0.05, 0) is 18.6 Å². The normalized spacial score (nSPS) is 18.2. The van der Waals surface area contributed by atoms with Gasteiger partial charge in [0.1, 0.15) is 17.1 Å². The highest BCUT2D eigenvalue weighted by atomic mass is 32.2. The second kappa shape index (κ2) is 5.97. The third kappa shape index (κ3) is 2.84. The average Bonchev–Trinajstić information content (AvgIpc) is 2.83. The highest BCUT2D eigenvalue weighted by Gasteiger charge is 2.29. The topological polar surface area (TPSA) is 64.6 Å². The van der Waals surface area contributed by atoms with E-state index in [-0.39, 0.29) is 11.0 Å². The number of nitrogens with one attached hydrogen (secondary N) is 1. The van der Waals surface area contributed by atoms with E-state index in [2.05, 4.69) is 5.32 Å². The molecular formula is C13H15NO4S. The number of methoxy groups -OCH3 is 2. The Morgan fingerprint density at radius 2 is 1.95 bits per heavy atom. The summed E-state index contributed by atoms with van der Waals surface area (Å²) in [5.74, 6) is 1.24. The van der Waals surface area contributed by atoms with E-state index in [0.717, 1.165) is 5.75 Å². The molecule has 0 aromatic heterocycles. The van der Waals surface area contributed by atoms with Crippen LogP contribution in [0.2, 0.25) is 0 Å². The number of carbonyl (C=O) groups excluding carboxylic acids is 2. The van der Waals surface area contributed by atoms with Gasteiger partial charge < -0.3 is 14.8 Å². The van der Waals surface area contributed by atoms with Crippen molar-refractivity contribution in [3.8, 4) is 11.5 Å². The number of carbonyl (C=O) groups is 2. The van der Waals surface area contributed by atoms with Gasteiger partial charge in [-0.2, -0.15) is 0 Å². The summed E-state index contributed by atoms with van der Waals surface area (Å²) in [4.78, 5) is 23.8. The van der Waals surface area contributed by atoms with E-state index in [1.165, 1.54) is 26.0 Å². The van der Waals surface area contributed by atoms with Crippen LogP contribution in [0.15, 0.2) is 18.2 Å². The molecule has 1 aliphatic heterocycles. The van der Waals surface area contributed by atoms with E-state index in [9.17, 15) is 9.59 Å². The number of ether oxygens (including phenoxy) is 2. The molecule has 102 valence electrons. The molecule has 6 heteroatoms. The number of thioether (sulfide) groups is 1. The molecule has 0 aliphatic carbocycles. The number of hydrogen-bond donors (Lipinski definition) is 1. The van der Waals surface area contributed by atoms with Crippen LogP contribution in [0, 0.1) is 0 Å². The fourth-order valence-electron chi connectivity index (χ4n) is 1.93. The van der Waals surface area contributed by atoms with Crippen molar-refractivity contribution in [2.75, 3.05) is 20.0 Å². The Labute approximate surface area is 115 Å². The Hall–Kier alpha value is -1.69. The summed E-state index contributed by atoms with van der Waals surface area (Å²) < 4.78 is 10.3. The molecule has 1 heterocycles. The van der Waals surface area contributed by atoms with Gasteiger partial charge in [0.2, 0.25) is 5.12 Å². The molecular weight excluding hydrogens is 266 g/mol. The zero-order valence-corrected chi connectivity index (χ0v) is 11.6. The summed E-state index contributed by atoms with van der Waals surface area (Å²) in [6.45, 7) is 0. The van der Waals surface area contributed by atoms with Crippen molar-refractivity contribution in [3.05, 3.63) is 23.8 Å². The first kappa shape index (κ1) is 13.7. The van der Waals surface area contributed by atoms with Gasteiger partial charge in [0.15, 0.2) is 0 Å². The van der Waals surface area contributed by atoms with Crippen molar-refractivity contribution >= 4 is 22.8 Å². The maximum absolute atomic E-state index is 12.3. The lowest BCUT2D eigenvalue weighted by atomic mass is 10.1. The van der Waals surface area contributed by atoms with Crippen molar-refractivity contribution in [2.24, 2.45) is 0 Å². The predicted molar refractivity (Wildman–Crippen MR) is 72.9 cm³/mol. The summed E-state index contributed by atoms with van der Waals surface area (Å²) in [6.07, 6.45) is 0.659. The van der Waals surface area contributed by atoms with Crippen LogP contribution < -0.4 is 14.8 Å². The molecule has 0 bridgehead atoms. The summed E-state index contributed by atoms with van der Waals surface area (Å²) in [5, 5.41) is 2.73. The van der Waals surface area contributed by atoms with E-state index in [1.54, 1.807) is 18.2 Å². The third-order valence-corrected chi connectivity index (χ3v) is 3.90. The second-order valence-electron chi connectivity index (χ2n) is 4.02. The van der Waals surface area contributed by atoms with Gasteiger partial charge in [0.05, 0.1) is 20.3 Å². The van der Waals surface area contributed by atoms with Gasteiger partial charge in [-0.1, -0.05) is 17.8 Å². The van der Waals surface area contributed by atoms with Crippen LogP contribution >= 0.6 is 11.8 Å². The predicted octanol–water partition coefficient (Wildman–Crippen LogP) is 1.47. The highest BCUT2D eigenvalue weighted by molar-refractivity contribution is 8.14. The summed E-state index contributed by atoms with van der Waals surface area (Å²) in [6, 6.07) is 4.68. The molecule has 1 fully saturated rings. The zero-order chi connectivity index (χ0) is 13.8. The van der Waals surface area contributed by atoms with Crippen molar-refractivity contribution in [3.63, 3.8) is 0 Å². The average molecular weight is 281 g/mol. The van der Waals surface area contributed by atoms with Crippen LogP contribution in [0.5, 0.6) is 11.5 Å². The maximum Gasteiger partial charge on any atom is 0.259 e. The van der Waals surface area contributed by atoms with E-state index in [1.807, 2.05) is 0 Å². The molecule has 1 atom stereocenters. The SMILES string of the molecule is COc1cccc(OC)c1C(=O)NC1CCSC1=O. The van der Waals surface area contributed by atoms with Gasteiger partial charge in [-0.15, -0.1) is 0 Å². The minimum Gasteiger partial charge on any atom is -0.496 e. The van der Waals surface area contributed by atoms with E-state index in [0.29, 0.717) is 23.5 Å². The number of amides is 1. The van der Waals surface area contributed by atoms with Gasteiger partial charge in [-0.25, -0.2) is 0 Å². The first-order chi connectivity index (χ1) is 9.17. The molecule has 0 radical (unpaired) electrons. The molecule has 19 heavy (non-hydrogen) atoms. The lowest BCUT2D eigenvalue weighted by Gasteiger charge is -2.15. The molecule has 1 aromatic rings. The van der Waals surface area contributed by atoms with Gasteiger partial charge in [-0.3, -0.25) is 9.59 Å². The Balaban J connectivity index is 2.24. The number of hydrogen-bond acceptors (Lipinski definition) is 5. The maximum atomic E-state index is 12.3. The van der Waals surface area contributed by atoms with Gasteiger partial charge in [0.25, 0.3) is 5.91 Å². The summed E-state index contributed by atoms with van der Waals surface area (Å²) in [7, 11) is 2.98. The number of benzene rings is 1. The molecule has 2 rings (SSSR count). The Bertz CT molecular complexity index is 481. The van der Waals surface area contributed by atoms with Crippen molar-refractivity contribution in [1.82, 2.24) is 5.32 Å². The minimum absolute atomic E-state index is 0.00205. The third-order valence-electron chi connectivity index (χ3n) is 2.90. The van der Waals surface area contributed by atoms with Crippen LogP contribution in [-0.2, 0) is 4.79 Å². The fraction of sp³-hybridized carbons (Fsp3) is 0.385. The smallest absolute Gasteiger partial charge is 0.259 e. The molecule has 1 saturated heterocycles. The second-order valence-corrected chi connectivity index (χ2v) is 5.12. The minimum atomic E-state index is -0.424. The van der Waals surface area contributed by atoms with Crippen molar-refractivity contribution in [2.45, 2.75) is 12.5 Å². The van der Waals surface area contributed by atoms with Crippen LogP contribution in [0.25, 0.3) is 0 Å². The molecule has 1 amide bonds. The van der Waals surface area contributed by atoms with Crippen LogP contribution in [-0.4, -0.2) is 37.0 Å². The first-order valence-electron chi connectivity index (χ1n) is 5.86. The molecule has 0 saturated carbocycles. The van der Waals surface area contributed by atoms with Crippen molar-refractivity contribution < 1.29 is 19.1 Å². The Morgan fingerprint density at radius 3 is 2.42 bits per heavy atom. The molecule has 5 nitrogen and oxygen atoms in total. The summed E-state index contributed by atoms with van der Waals surface area (Å²) >= 11 is 1.25. The Kier molecular flexibility index (Phi) is 4.31. The molecule has 0 spiro atoms. The monoisotopic (exact) mass is 281 g/mol. The van der Waals surface area contributed by atoms with Crippen LogP contribution in [0.1, 0.15) is 16.8 Å². The zero-order valence-electron chi connectivity index (χ0n) is 10.8. The molecule has 1 unspecified atom stereocenters. The Morgan fingerprint density at radius 1 is 1.32 bits per heavy atom. The molecule has 1 N–H and O–H groups in total. The largest absolute Gasteiger partial charge is 0.496 e. The quantitative estimate of drug-likeness (QED) is 0.905. The molecule has 1 aromatic carbocycles. The lowest BCUT2D eigenvalue weighted by Crippen LogP contribution is -2.37. The van der Waals surface area contributed by atoms with Gasteiger partial charge in [0, 0.05) is 5.75 Å². The standard InChI is InChI=1S/C13H15NO4S/c1-17-9-4-3-5-10(18-2)11(9)12(15)14-8-6-7-19-13(8)16/h3-5,8H,6-7H2,1-2H3,(H,14,15). The van der Waals surface area contributed by atoms with E-state index in [4.69, 9.17) is 9.47 Å². The van der Waals surface area contributed by atoms with Crippen molar-refractivity contribution in [1.29, 1.82) is 0 Å². The van der Waals surface area contributed by atoms with E-state index >= 15 is 0 Å². The van der Waals surface area contributed by atoms with Crippen LogP contribution in [0.4, 0.5) is 0 Å². The first-order valence-corrected chi connectivity index (χ1v) is 6.84. The van der Waals surface area contributed by atoms with Gasteiger partial charge >= 0.3 is 0 Å².